The van der Waals surface area contributed by atoms with Gasteiger partial charge in [-0.15, -0.1) is 0 Å². The number of nitrogens with one attached hydrogen (secondary N) is 1. The lowest BCUT2D eigenvalue weighted by Gasteiger charge is -2.21. The van der Waals surface area contributed by atoms with Crippen molar-refractivity contribution in [2.24, 2.45) is 0 Å². The monoisotopic (exact) mass is 285 g/mol. The average molecular weight is 285 g/mol. The van der Waals surface area contributed by atoms with E-state index < -0.39 is 0 Å². The van der Waals surface area contributed by atoms with E-state index in [1.54, 1.807) is 7.11 Å². The quantitative estimate of drug-likeness (QED) is 0.844. The van der Waals surface area contributed by atoms with Crippen molar-refractivity contribution >= 4 is 11.5 Å². The molecule has 1 aromatic heterocycles. The van der Waals surface area contributed by atoms with Crippen LogP contribution in [0.2, 0.25) is 0 Å². The molecule has 0 radical (unpaired) electrons. The maximum absolute atomic E-state index is 5.28. The minimum Gasteiger partial charge on any atom is -0.497 e. The summed E-state index contributed by atoms with van der Waals surface area (Å²) >= 11 is 0. The molecule has 2 aromatic rings. The molecule has 0 saturated carbocycles. The highest BCUT2D eigenvalue weighted by Gasteiger charge is 2.07. The normalized spacial score (nSPS) is 10.2. The smallest absolute Gasteiger partial charge is 0.130 e. The molecule has 0 atom stereocenters. The molecular weight excluding hydrogens is 262 g/mol. The number of methoxy groups -OCH3 is 1. The van der Waals surface area contributed by atoms with Crippen LogP contribution in [0.15, 0.2) is 42.6 Å². The summed E-state index contributed by atoms with van der Waals surface area (Å²) < 4.78 is 5.28. The van der Waals surface area contributed by atoms with Crippen LogP contribution in [-0.4, -0.2) is 25.7 Å². The first-order chi connectivity index (χ1) is 10.2. The van der Waals surface area contributed by atoms with E-state index in [0.29, 0.717) is 0 Å². The molecule has 1 aromatic carbocycles. The summed E-state index contributed by atoms with van der Waals surface area (Å²) in [4.78, 5) is 6.63. The fourth-order valence-electron chi connectivity index (χ4n) is 2.16. The Morgan fingerprint density at radius 2 is 2.10 bits per heavy atom. The van der Waals surface area contributed by atoms with Gasteiger partial charge in [-0.2, -0.15) is 0 Å². The van der Waals surface area contributed by atoms with Gasteiger partial charge in [-0.05, 0) is 24.6 Å². The molecule has 4 heteroatoms. The van der Waals surface area contributed by atoms with Crippen molar-refractivity contribution in [3.05, 3.63) is 48.2 Å². The van der Waals surface area contributed by atoms with E-state index in [1.165, 1.54) is 5.56 Å². The molecule has 4 nitrogen and oxygen atoms in total. The molecule has 0 fully saturated rings. The second-order valence-electron chi connectivity index (χ2n) is 5.00. The van der Waals surface area contributed by atoms with Crippen LogP contribution < -0.4 is 15.0 Å². The van der Waals surface area contributed by atoms with Crippen molar-refractivity contribution in [1.82, 2.24) is 4.98 Å². The summed E-state index contributed by atoms with van der Waals surface area (Å²) in [7, 11) is 3.76. The van der Waals surface area contributed by atoms with E-state index in [4.69, 9.17) is 4.74 Å². The van der Waals surface area contributed by atoms with Crippen LogP contribution in [0.5, 0.6) is 5.75 Å². The molecule has 0 aliphatic heterocycles. The van der Waals surface area contributed by atoms with Crippen LogP contribution in [0.1, 0.15) is 18.9 Å². The highest BCUT2D eigenvalue weighted by atomic mass is 16.5. The Bertz CT molecular complexity index is 571. The number of ether oxygens (including phenoxy) is 1. The molecule has 1 heterocycles. The third-order valence-corrected chi connectivity index (χ3v) is 3.34. The third kappa shape index (κ3) is 4.12. The highest BCUT2D eigenvalue weighted by molar-refractivity contribution is 5.53. The Morgan fingerprint density at radius 1 is 1.24 bits per heavy atom. The molecule has 0 aliphatic rings. The number of rotatable bonds is 7. The number of nitrogens with zero attached hydrogens (tertiary/aromatic N) is 2. The number of benzene rings is 1. The largest absolute Gasteiger partial charge is 0.497 e. The molecule has 112 valence electrons. The molecule has 0 bridgehead atoms. The molecule has 2 rings (SSSR count). The van der Waals surface area contributed by atoms with Gasteiger partial charge in [0.2, 0.25) is 0 Å². The van der Waals surface area contributed by atoms with Crippen LogP contribution in [-0.2, 0) is 6.54 Å². The van der Waals surface area contributed by atoms with Gasteiger partial charge in [-0.1, -0.05) is 19.1 Å². The Kier molecular flexibility index (Phi) is 5.43. The lowest BCUT2D eigenvalue weighted by molar-refractivity contribution is 0.415. The van der Waals surface area contributed by atoms with Gasteiger partial charge in [0.1, 0.15) is 11.6 Å². The van der Waals surface area contributed by atoms with E-state index in [-0.39, 0.29) is 0 Å². The predicted molar refractivity (Wildman–Crippen MR) is 88.1 cm³/mol. The Hall–Kier alpha value is -2.23. The third-order valence-electron chi connectivity index (χ3n) is 3.34. The minimum atomic E-state index is 0.799. The van der Waals surface area contributed by atoms with Crippen molar-refractivity contribution < 1.29 is 4.74 Å². The van der Waals surface area contributed by atoms with Crippen LogP contribution in [0, 0.1) is 0 Å². The van der Waals surface area contributed by atoms with E-state index in [0.717, 1.165) is 36.8 Å². The zero-order valence-electron chi connectivity index (χ0n) is 13.0. The molecule has 0 aliphatic carbocycles. The molecule has 21 heavy (non-hydrogen) atoms. The second kappa shape index (κ2) is 7.53. The predicted octanol–water partition coefficient (Wildman–Crippen LogP) is 3.55. The first kappa shape index (κ1) is 15.2. The summed E-state index contributed by atoms with van der Waals surface area (Å²) in [5.41, 5.74) is 2.32. The topological polar surface area (TPSA) is 37.4 Å². The minimum absolute atomic E-state index is 0.799. The van der Waals surface area contributed by atoms with Gasteiger partial charge in [0, 0.05) is 43.7 Å². The molecular formula is C17H23N3O. The molecule has 0 amide bonds. The summed E-state index contributed by atoms with van der Waals surface area (Å²) in [5.74, 6) is 1.84. The number of aromatic nitrogens is 1. The van der Waals surface area contributed by atoms with Crippen LogP contribution in [0.4, 0.5) is 11.5 Å². The number of hydrogen-bond acceptors (Lipinski definition) is 4. The standard InChI is InChI=1S/C17H23N3O/c1-4-10-18-17-14(7-6-11-19-17)13-20(2)15-8-5-9-16(12-15)21-3/h5-9,11-12H,4,10,13H2,1-3H3,(H,18,19). The van der Waals surface area contributed by atoms with Gasteiger partial charge in [-0.25, -0.2) is 4.98 Å². The highest BCUT2D eigenvalue weighted by Crippen LogP contribution is 2.23. The van der Waals surface area contributed by atoms with Gasteiger partial charge in [0.25, 0.3) is 0 Å². The molecule has 1 N–H and O–H groups in total. The summed E-state index contributed by atoms with van der Waals surface area (Å²) in [6, 6.07) is 12.2. The molecule has 0 unspecified atom stereocenters. The van der Waals surface area contributed by atoms with E-state index in [9.17, 15) is 0 Å². The van der Waals surface area contributed by atoms with Crippen molar-refractivity contribution in [3.8, 4) is 5.75 Å². The zero-order valence-corrected chi connectivity index (χ0v) is 13.0. The Labute approximate surface area is 126 Å². The summed E-state index contributed by atoms with van der Waals surface area (Å²) in [6.45, 7) is 3.89. The molecule has 0 saturated heterocycles. The van der Waals surface area contributed by atoms with E-state index in [2.05, 4.69) is 41.3 Å². The van der Waals surface area contributed by atoms with Crippen molar-refractivity contribution in [2.45, 2.75) is 19.9 Å². The first-order valence-corrected chi connectivity index (χ1v) is 7.27. The lowest BCUT2D eigenvalue weighted by Crippen LogP contribution is -2.18. The Morgan fingerprint density at radius 3 is 2.86 bits per heavy atom. The second-order valence-corrected chi connectivity index (χ2v) is 5.00. The zero-order chi connectivity index (χ0) is 15.1. The number of pyridine rings is 1. The van der Waals surface area contributed by atoms with E-state index >= 15 is 0 Å². The van der Waals surface area contributed by atoms with Gasteiger partial charge < -0.3 is 15.0 Å². The van der Waals surface area contributed by atoms with Crippen molar-refractivity contribution in [3.63, 3.8) is 0 Å². The number of hydrogen-bond donors (Lipinski definition) is 1. The van der Waals surface area contributed by atoms with Crippen molar-refractivity contribution in [1.29, 1.82) is 0 Å². The Balaban J connectivity index is 2.13. The first-order valence-electron chi connectivity index (χ1n) is 7.27. The SMILES string of the molecule is CCCNc1ncccc1CN(C)c1cccc(OC)c1. The lowest BCUT2D eigenvalue weighted by atomic mass is 10.2. The van der Waals surface area contributed by atoms with Gasteiger partial charge >= 0.3 is 0 Å². The van der Waals surface area contributed by atoms with Crippen molar-refractivity contribution in [2.75, 3.05) is 30.9 Å². The van der Waals surface area contributed by atoms with Gasteiger partial charge in [0.05, 0.1) is 7.11 Å². The van der Waals surface area contributed by atoms with Gasteiger partial charge in [-0.3, -0.25) is 0 Å². The summed E-state index contributed by atoms with van der Waals surface area (Å²) in [5, 5.41) is 3.38. The van der Waals surface area contributed by atoms with E-state index in [1.807, 2.05) is 30.5 Å². The average Bonchev–Trinajstić information content (AvgIpc) is 2.54. The fourth-order valence-corrected chi connectivity index (χ4v) is 2.16. The molecule has 0 spiro atoms. The van der Waals surface area contributed by atoms with Crippen LogP contribution in [0.25, 0.3) is 0 Å². The van der Waals surface area contributed by atoms with Gasteiger partial charge in [0.15, 0.2) is 0 Å². The fraction of sp³-hybridized carbons (Fsp3) is 0.353. The maximum atomic E-state index is 5.28. The van der Waals surface area contributed by atoms with Crippen LogP contribution in [0.3, 0.4) is 0 Å². The number of anilines is 2. The maximum Gasteiger partial charge on any atom is 0.130 e. The van der Waals surface area contributed by atoms with Crippen LogP contribution >= 0.6 is 0 Å². The summed E-state index contributed by atoms with van der Waals surface area (Å²) in [6.07, 6.45) is 2.91.